The summed E-state index contributed by atoms with van der Waals surface area (Å²) in [5.74, 6) is 0.833. The lowest BCUT2D eigenvalue weighted by Gasteiger charge is -2.08. The zero-order valence-corrected chi connectivity index (χ0v) is 14.5. The molecule has 0 radical (unpaired) electrons. The first-order chi connectivity index (χ1) is 12.8. The number of rotatable bonds is 5. The highest BCUT2D eigenvalue weighted by Crippen LogP contribution is 2.28. The van der Waals surface area contributed by atoms with Gasteiger partial charge in [-0.05, 0) is 29.3 Å². The van der Waals surface area contributed by atoms with Crippen LogP contribution in [0.25, 0.3) is 10.9 Å². The van der Waals surface area contributed by atoms with Crippen LogP contribution in [0.2, 0.25) is 0 Å². The highest BCUT2D eigenvalue weighted by Gasteiger charge is 2.19. The lowest BCUT2D eigenvalue weighted by Crippen LogP contribution is -2.05. The van der Waals surface area contributed by atoms with Crippen molar-refractivity contribution in [2.45, 2.75) is 12.6 Å². The third-order valence-corrected chi connectivity index (χ3v) is 4.55. The minimum atomic E-state index is -0.752. The maximum Gasteiger partial charge on any atom is 0.123 e. The van der Waals surface area contributed by atoms with Gasteiger partial charge in [0.05, 0.1) is 19.2 Å². The summed E-state index contributed by atoms with van der Waals surface area (Å²) in [4.78, 5) is 0. The highest BCUT2D eigenvalue weighted by molar-refractivity contribution is 5.82. The van der Waals surface area contributed by atoms with E-state index in [4.69, 9.17) is 9.84 Å². The molecule has 130 valence electrons. The Kier molecular flexibility index (Phi) is 4.42. The number of aliphatic hydroxyl groups is 1. The van der Waals surface area contributed by atoms with E-state index in [0.29, 0.717) is 12.2 Å². The highest BCUT2D eigenvalue weighted by atomic mass is 16.5. The van der Waals surface area contributed by atoms with Gasteiger partial charge in [-0.1, -0.05) is 60.7 Å². The smallest absolute Gasteiger partial charge is 0.123 e. The van der Waals surface area contributed by atoms with Crippen molar-refractivity contribution >= 4 is 10.9 Å². The normalized spacial score (nSPS) is 12.2. The lowest BCUT2D eigenvalue weighted by molar-refractivity contribution is 0.215. The molecule has 1 atom stereocenters. The zero-order valence-electron chi connectivity index (χ0n) is 14.5. The van der Waals surface area contributed by atoms with Crippen LogP contribution in [0.3, 0.4) is 0 Å². The molecule has 0 amide bonds. The molecule has 0 aliphatic heterocycles. The van der Waals surface area contributed by atoms with Crippen molar-refractivity contribution in [3.8, 4) is 5.75 Å². The summed E-state index contributed by atoms with van der Waals surface area (Å²) >= 11 is 0. The molecule has 4 aromatic rings. The van der Waals surface area contributed by atoms with Crippen LogP contribution in [-0.4, -0.2) is 22.0 Å². The van der Waals surface area contributed by atoms with Crippen LogP contribution < -0.4 is 4.74 Å². The van der Waals surface area contributed by atoms with Gasteiger partial charge >= 0.3 is 0 Å². The summed E-state index contributed by atoms with van der Waals surface area (Å²) in [7, 11) is 1.66. The Hall–Kier alpha value is -3.11. The number of fused-ring (bicyclic) bond motifs is 1. The van der Waals surface area contributed by atoms with Crippen molar-refractivity contribution in [3.63, 3.8) is 0 Å². The third-order valence-electron chi connectivity index (χ3n) is 4.55. The van der Waals surface area contributed by atoms with E-state index in [1.807, 2.05) is 83.5 Å². The van der Waals surface area contributed by atoms with Gasteiger partial charge < -0.3 is 9.84 Å². The van der Waals surface area contributed by atoms with Gasteiger partial charge in [0.25, 0.3) is 0 Å². The van der Waals surface area contributed by atoms with E-state index in [1.54, 1.807) is 7.11 Å². The summed E-state index contributed by atoms with van der Waals surface area (Å²) in [6.45, 7) is 0.631. The summed E-state index contributed by atoms with van der Waals surface area (Å²) in [6, 6.07) is 25.6. The number of ether oxygens (including phenoxy) is 1. The molecule has 1 N–H and O–H groups in total. The topological polar surface area (TPSA) is 47.3 Å². The van der Waals surface area contributed by atoms with Gasteiger partial charge in [-0.15, -0.1) is 0 Å². The Morgan fingerprint density at radius 3 is 2.35 bits per heavy atom. The number of para-hydroxylation sites is 1. The molecule has 1 aromatic heterocycles. The molecule has 0 fully saturated rings. The van der Waals surface area contributed by atoms with E-state index in [0.717, 1.165) is 27.8 Å². The predicted octanol–water partition coefficient (Wildman–Crippen LogP) is 4.17. The van der Waals surface area contributed by atoms with Gasteiger partial charge in [0.1, 0.15) is 17.5 Å². The molecule has 26 heavy (non-hydrogen) atoms. The van der Waals surface area contributed by atoms with E-state index in [2.05, 4.69) is 0 Å². The summed E-state index contributed by atoms with van der Waals surface area (Å²) in [5.41, 5.74) is 3.65. The molecule has 3 aromatic carbocycles. The van der Waals surface area contributed by atoms with Crippen molar-refractivity contribution in [2.75, 3.05) is 7.11 Å². The van der Waals surface area contributed by atoms with Crippen molar-refractivity contribution in [2.24, 2.45) is 0 Å². The second-order valence-electron chi connectivity index (χ2n) is 6.22. The monoisotopic (exact) mass is 344 g/mol. The average Bonchev–Trinajstić information content (AvgIpc) is 3.07. The fourth-order valence-corrected chi connectivity index (χ4v) is 3.17. The Bertz CT molecular complexity index is 1010. The third kappa shape index (κ3) is 3.07. The fraction of sp³-hybridized carbons (Fsp3) is 0.136. The molecule has 0 saturated carbocycles. The van der Waals surface area contributed by atoms with Crippen LogP contribution in [0.5, 0.6) is 5.75 Å². The molecular formula is C22H20N2O2. The molecule has 0 aliphatic carbocycles. The molecule has 0 spiro atoms. The minimum absolute atomic E-state index is 0.631. The molecule has 1 heterocycles. The minimum Gasteiger partial charge on any atom is -0.497 e. The van der Waals surface area contributed by atoms with Gasteiger partial charge in [0, 0.05) is 5.39 Å². The molecule has 0 bridgehead atoms. The first-order valence-corrected chi connectivity index (χ1v) is 8.57. The summed E-state index contributed by atoms with van der Waals surface area (Å²) in [6.07, 6.45) is -0.752. The van der Waals surface area contributed by atoms with Gasteiger partial charge in [0.15, 0.2) is 0 Å². The molecule has 4 nitrogen and oxygen atoms in total. The molecule has 0 saturated heterocycles. The van der Waals surface area contributed by atoms with E-state index in [-0.39, 0.29) is 0 Å². The Morgan fingerprint density at radius 2 is 1.62 bits per heavy atom. The Morgan fingerprint density at radius 1 is 0.923 bits per heavy atom. The number of aliphatic hydroxyl groups excluding tert-OH is 1. The second kappa shape index (κ2) is 7.02. The number of hydrogen-bond acceptors (Lipinski definition) is 3. The van der Waals surface area contributed by atoms with Crippen molar-refractivity contribution in [3.05, 3.63) is 95.7 Å². The lowest BCUT2D eigenvalue weighted by atomic mass is 10.0. The van der Waals surface area contributed by atoms with Crippen LogP contribution in [0.4, 0.5) is 0 Å². The first kappa shape index (κ1) is 16.4. The second-order valence-corrected chi connectivity index (χ2v) is 6.22. The fourth-order valence-electron chi connectivity index (χ4n) is 3.17. The van der Waals surface area contributed by atoms with E-state index in [1.165, 1.54) is 0 Å². The maximum atomic E-state index is 10.8. The number of hydrogen-bond donors (Lipinski definition) is 1. The van der Waals surface area contributed by atoms with Crippen molar-refractivity contribution in [1.29, 1.82) is 0 Å². The largest absolute Gasteiger partial charge is 0.497 e. The number of nitrogens with zero attached hydrogens (tertiary/aromatic N) is 2. The van der Waals surface area contributed by atoms with E-state index < -0.39 is 6.10 Å². The molecule has 0 aliphatic rings. The average molecular weight is 344 g/mol. The zero-order chi connectivity index (χ0) is 17.9. The predicted molar refractivity (Wildman–Crippen MR) is 102 cm³/mol. The van der Waals surface area contributed by atoms with Crippen molar-refractivity contribution < 1.29 is 9.84 Å². The van der Waals surface area contributed by atoms with Crippen LogP contribution >= 0.6 is 0 Å². The van der Waals surface area contributed by atoms with Gasteiger partial charge in [-0.25, -0.2) is 0 Å². The standard InChI is InChI=1S/C22H20N2O2/c1-26-18-13-11-16(12-14-18)15-24-20-10-6-5-9-19(20)21(23-24)22(25)17-7-3-2-4-8-17/h2-14,22,25H,15H2,1H3. The van der Waals surface area contributed by atoms with Crippen molar-refractivity contribution in [1.82, 2.24) is 9.78 Å². The number of aromatic nitrogens is 2. The van der Waals surface area contributed by atoms with Crippen LogP contribution in [-0.2, 0) is 6.54 Å². The SMILES string of the molecule is COc1ccc(Cn2nc(C(O)c3ccccc3)c3ccccc32)cc1. The van der Waals surface area contributed by atoms with Gasteiger partial charge in [-0.3, -0.25) is 4.68 Å². The molecule has 4 heteroatoms. The van der Waals surface area contributed by atoms with E-state index >= 15 is 0 Å². The van der Waals surface area contributed by atoms with Gasteiger partial charge in [-0.2, -0.15) is 5.10 Å². The summed E-state index contributed by atoms with van der Waals surface area (Å²) < 4.78 is 7.16. The first-order valence-electron chi connectivity index (χ1n) is 8.57. The Labute approximate surface area is 152 Å². The molecule has 1 unspecified atom stereocenters. The molecule has 4 rings (SSSR count). The quantitative estimate of drug-likeness (QED) is 0.591. The van der Waals surface area contributed by atoms with Crippen LogP contribution in [0, 0.1) is 0 Å². The number of benzene rings is 3. The maximum absolute atomic E-state index is 10.8. The Balaban J connectivity index is 1.74. The van der Waals surface area contributed by atoms with Crippen LogP contribution in [0.15, 0.2) is 78.9 Å². The van der Waals surface area contributed by atoms with Crippen LogP contribution in [0.1, 0.15) is 22.9 Å². The van der Waals surface area contributed by atoms with Gasteiger partial charge in [0.2, 0.25) is 0 Å². The number of methoxy groups -OCH3 is 1. The van der Waals surface area contributed by atoms with E-state index in [9.17, 15) is 5.11 Å². The molecular weight excluding hydrogens is 324 g/mol. The summed E-state index contributed by atoms with van der Waals surface area (Å²) in [5, 5.41) is 16.6.